The van der Waals surface area contributed by atoms with Crippen LogP contribution in [0.5, 0.6) is 0 Å². The summed E-state index contributed by atoms with van der Waals surface area (Å²) in [6, 6.07) is 11.5. The molecule has 0 bridgehead atoms. The Kier molecular flexibility index (Phi) is 8.65. The van der Waals surface area contributed by atoms with E-state index in [-0.39, 0.29) is 19.9 Å². The van der Waals surface area contributed by atoms with Crippen molar-refractivity contribution < 1.29 is 27.5 Å². The fourth-order valence-corrected chi connectivity index (χ4v) is 11.1. The van der Waals surface area contributed by atoms with Crippen molar-refractivity contribution in [3.8, 4) is 0 Å². The summed E-state index contributed by atoms with van der Waals surface area (Å²) in [4.78, 5) is 3.69. The van der Waals surface area contributed by atoms with Crippen LogP contribution in [0.25, 0.3) is 5.57 Å². The molecule has 5 heteroatoms. The van der Waals surface area contributed by atoms with Gasteiger partial charge in [-0.1, -0.05) is 0 Å². The van der Waals surface area contributed by atoms with Crippen LogP contribution >= 0.6 is 11.8 Å². The SMILES string of the molecule is CC1=C(C)C2=C(c3cc(C(C)(C)C)cc(C(C)(C)C)c3)[CH]([Ti]=[C](c3c(F)cccc3F)N3CCCCC3)SC2=C1C. The fraction of sp³-hybridized carbons (Fsp3) is 0.472. The summed E-state index contributed by atoms with van der Waals surface area (Å²) in [5.74, 6) is -0.863. The summed E-state index contributed by atoms with van der Waals surface area (Å²) < 4.78 is 32.0. The number of rotatable bonds is 4. The first-order valence-electron chi connectivity index (χ1n) is 15.0. The summed E-state index contributed by atoms with van der Waals surface area (Å²) in [6.07, 6.45) is 3.33. The van der Waals surface area contributed by atoms with E-state index in [0.29, 0.717) is 0 Å². The van der Waals surface area contributed by atoms with E-state index in [4.69, 9.17) is 0 Å². The van der Waals surface area contributed by atoms with E-state index in [2.05, 4.69) is 85.4 Å². The predicted octanol–water partition coefficient (Wildman–Crippen LogP) is 9.76. The van der Waals surface area contributed by atoms with Crippen molar-refractivity contribution in [3.63, 3.8) is 0 Å². The Morgan fingerprint density at radius 3 is 1.90 bits per heavy atom. The van der Waals surface area contributed by atoms with Crippen molar-refractivity contribution in [2.24, 2.45) is 0 Å². The van der Waals surface area contributed by atoms with Gasteiger partial charge in [-0.2, -0.15) is 0 Å². The van der Waals surface area contributed by atoms with Gasteiger partial charge < -0.3 is 0 Å². The van der Waals surface area contributed by atoms with Crippen molar-refractivity contribution >= 4 is 21.3 Å². The molecule has 2 aliphatic heterocycles. The number of allylic oxidation sites excluding steroid dienone is 4. The predicted molar refractivity (Wildman–Crippen MR) is 169 cm³/mol. The number of hydrogen-bond acceptors (Lipinski definition) is 2. The third kappa shape index (κ3) is 5.96. The second-order valence-corrected chi connectivity index (χ2v) is 17.8. The first-order chi connectivity index (χ1) is 19.2. The number of benzene rings is 2. The number of nitrogens with zero attached hydrogens (tertiary/aromatic N) is 1. The fourth-order valence-electron chi connectivity index (χ4n) is 6.11. The van der Waals surface area contributed by atoms with Gasteiger partial charge >= 0.3 is 260 Å². The molecule has 0 N–H and O–H groups in total. The van der Waals surface area contributed by atoms with Gasteiger partial charge in [0.05, 0.1) is 0 Å². The summed E-state index contributed by atoms with van der Waals surface area (Å²) in [5, 5.41) is 0. The molecular formula is C36H44F2NSTi. The molecule has 1 nitrogen and oxygen atoms in total. The van der Waals surface area contributed by atoms with Crippen molar-refractivity contribution in [2.75, 3.05) is 13.1 Å². The van der Waals surface area contributed by atoms with Crippen LogP contribution in [0.1, 0.15) is 104 Å². The second-order valence-electron chi connectivity index (χ2n) is 13.9. The quantitative estimate of drug-likeness (QED) is 0.318. The molecule has 0 saturated carbocycles. The summed E-state index contributed by atoms with van der Waals surface area (Å²) >= 11 is 0.969. The number of thioether (sulfide) groups is 1. The normalized spacial score (nSPS) is 20.8. The van der Waals surface area contributed by atoms with Crippen LogP contribution in [0.3, 0.4) is 0 Å². The zero-order chi connectivity index (χ0) is 29.9. The molecule has 0 aromatic heterocycles. The Morgan fingerprint density at radius 1 is 0.805 bits per heavy atom. The van der Waals surface area contributed by atoms with Gasteiger partial charge in [-0.05, 0) is 0 Å². The molecule has 2 aromatic carbocycles. The first-order valence-corrected chi connectivity index (χ1v) is 17.5. The summed E-state index contributed by atoms with van der Waals surface area (Å²) in [5.41, 5.74) is 11.0. The molecule has 1 unspecified atom stereocenters. The van der Waals surface area contributed by atoms with Gasteiger partial charge in [-0.3, -0.25) is 0 Å². The van der Waals surface area contributed by atoms with Crippen LogP contribution in [-0.2, 0) is 29.5 Å². The van der Waals surface area contributed by atoms with E-state index in [1.807, 2.05) is 11.8 Å². The number of likely N-dealkylation sites (tertiary alicyclic amines) is 1. The molecule has 1 fully saturated rings. The van der Waals surface area contributed by atoms with Gasteiger partial charge in [0.1, 0.15) is 0 Å². The van der Waals surface area contributed by atoms with Gasteiger partial charge in [-0.15, -0.1) is 0 Å². The van der Waals surface area contributed by atoms with Gasteiger partial charge in [-0.25, -0.2) is 0 Å². The molecule has 0 radical (unpaired) electrons. The van der Waals surface area contributed by atoms with E-state index in [1.54, 1.807) is 0 Å². The zero-order valence-corrected chi connectivity index (χ0v) is 28.6. The Hall–Kier alpha value is -1.59. The third-order valence-electron chi connectivity index (χ3n) is 8.95. The van der Waals surface area contributed by atoms with E-state index in [9.17, 15) is 0 Å². The monoisotopic (exact) mass is 608 g/mol. The molecule has 1 atom stereocenters. The van der Waals surface area contributed by atoms with E-state index < -0.39 is 30.3 Å². The van der Waals surface area contributed by atoms with Gasteiger partial charge in [0, 0.05) is 0 Å². The molecule has 0 amide bonds. The maximum atomic E-state index is 15.4. The Balaban J connectivity index is 1.78. The number of halogens is 2. The number of fused-ring (bicyclic) bond motifs is 1. The number of piperidine rings is 1. The van der Waals surface area contributed by atoms with Crippen molar-refractivity contribution in [1.29, 1.82) is 0 Å². The van der Waals surface area contributed by atoms with Crippen LogP contribution in [0.4, 0.5) is 8.78 Å². The van der Waals surface area contributed by atoms with E-state index >= 15 is 8.78 Å². The minimum absolute atomic E-state index is 0.00517. The van der Waals surface area contributed by atoms with Gasteiger partial charge in [0.25, 0.3) is 0 Å². The van der Waals surface area contributed by atoms with Crippen LogP contribution in [0, 0.1) is 11.6 Å². The maximum absolute atomic E-state index is 15.4. The van der Waals surface area contributed by atoms with Crippen molar-refractivity contribution in [2.45, 2.75) is 96.0 Å². The van der Waals surface area contributed by atoms with Crippen molar-refractivity contribution in [1.82, 2.24) is 4.90 Å². The van der Waals surface area contributed by atoms with Crippen LogP contribution in [0.2, 0.25) is 0 Å². The van der Waals surface area contributed by atoms with Crippen LogP contribution in [-0.4, -0.2) is 25.5 Å². The van der Waals surface area contributed by atoms with Gasteiger partial charge in [0.2, 0.25) is 0 Å². The molecule has 217 valence electrons. The standard InChI is InChI=1S/C24H31S.C12H13F2N.Ti/c1-14-15(2)21-20(13-25-22(21)16(14)3)17-10-18(23(4,5)6)12-19(11-17)24(7,8)9;13-11-5-4-6-12(14)10(11)9-15-7-2-1-3-8-15;/h10-13H,1-9H3;4-6H,1-3,7-8H2;. The molecule has 5 rings (SSSR count). The van der Waals surface area contributed by atoms with Crippen molar-refractivity contribution in [3.05, 3.63) is 97.5 Å². The Labute approximate surface area is 259 Å². The minimum atomic E-state index is -0.984. The molecule has 41 heavy (non-hydrogen) atoms. The average molecular weight is 609 g/mol. The molecule has 0 spiro atoms. The average Bonchev–Trinajstić information content (AvgIpc) is 3.38. The molecular weight excluding hydrogens is 564 g/mol. The Bertz CT molecular complexity index is 1450. The van der Waals surface area contributed by atoms with E-state index in [0.717, 1.165) is 29.9 Å². The molecule has 1 saturated heterocycles. The molecule has 2 heterocycles. The topological polar surface area (TPSA) is 3.24 Å². The molecule has 3 aliphatic rings. The summed E-state index contributed by atoms with van der Waals surface area (Å²) in [6.45, 7) is 22.2. The Morgan fingerprint density at radius 2 is 1.37 bits per heavy atom. The van der Waals surface area contributed by atoms with Gasteiger partial charge in [0.15, 0.2) is 0 Å². The first kappa shape index (κ1) is 30.9. The summed E-state index contributed by atoms with van der Waals surface area (Å²) in [7, 11) is 0. The van der Waals surface area contributed by atoms with E-state index in [1.165, 1.54) is 74.1 Å². The van der Waals surface area contributed by atoms with Crippen LogP contribution < -0.4 is 0 Å². The molecule has 2 aromatic rings. The van der Waals surface area contributed by atoms with Crippen LogP contribution in [0.15, 0.2) is 63.6 Å². The number of hydrogen-bond donors (Lipinski definition) is 0. The molecule has 1 aliphatic carbocycles. The second kappa shape index (κ2) is 11.5. The zero-order valence-electron chi connectivity index (χ0n) is 26.2. The third-order valence-corrected chi connectivity index (χ3v) is 13.4.